The monoisotopic (exact) mass is 389 g/mol. The van der Waals surface area contributed by atoms with Crippen LogP contribution in [0.4, 0.5) is 0 Å². The van der Waals surface area contributed by atoms with Gasteiger partial charge in [-0.15, -0.1) is 0 Å². The van der Waals surface area contributed by atoms with Crippen LogP contribution in [0.5, 0.6) is 5.75 Å². The zero-order valence-corrected chi connectivity index (χ0v) is 16.6. The highest BCUT2D eigenvalue weighted by Gasteiger charge is 2.40. The lowest BCUT2D eigenvalue weighted by Crippen LogP contribution is -2.56. The van der Waals surface area contributed by atoms with Crippen molar-refractivity contribution in [3.63, 3.8) is 0 Å². The zero-order valence-electron chi connectivity index (χ0n) is 16.6. The lowest BCUT2D eigenvalue weighted by molar-refractivity contribution is -0.000597. The van der Waals surface area contributed by atoms with Gasteiger partial charge in [-0.1, -0.05) is 0 Å². The van der Waals surface area contributed by atoms with E-state index in [2.05, 4.69) is 15.9 Å². The van der Waals surface area contributed by atoms with E-state index >= 15 is 0 Å². The highest BCUT2D eigenvalue weighted by atomic mass is 16.5. The van der Waals surface area contributed by atoms with Crippen LogP contribution in [0.2, 0.25) is 0 Å². The maximum atomic E-state index is 10.5. The second kappa shape index (κ2) is 10.7. The molecule has 1 N–H and O–H groups in total. The lowest BCUT2D eigenvalue weighted by Gasteiger charge is -2.41. The minimum absolute atomic E-state index is 0.263. The van der Waals surface area contributed by atoms with Crippen molar-refractivity contribution in [2.24, 2.45) is 0 Å². The number of aliphatic hydroxyl groups excluding tert-OH is 1. The van der Waals surface area contributed by atoms with Crippen molar-refractivity contribution in [3.05, 3.63) is 29.8 Å². The molecule has 0 saturated carbocycles. The molecule has 154 valence electrons. The number of piperazine rings is 1. The summed E-state index contributed by atoms with van der Waals surface area (Å²) < 4.78 is 16.3. The van der Waals surface area contributed by atoms with Crippen LogP contribution in [0.1, 0.15) is 18.4 Å². The molecule has 2 fully saturated rings. The Morgan fingerprint density at radius 2 is 1.86 bits per heavy atom. The standard InChI is InChI=1S/C21H31N3O4/c1-26-10-11-27-9-8-23-13-18-4-5-19(14-23)24(18)15-20(25)16-28-21-6-2-17(12-22)3-7-21/h2-3,6-7,18-20,25H,4-5,8-11,13-16H2,1H3. The van der Waals surface area contributed by atoms with Crippen LogP contribution in [0.3, 0.4) is 0 Å². The number of benzene rings is 1. The summed E-state index contributed by atoms with van der Waals surface area (Å²) in [5.41, 5.74) is 0.603. The van der Waals surface area contributed by atoms with Gasteiger partial charge in [-0.3, -0.25) is 9.80 Å². The molecule has 7 nitrogen and oxygen atoms in total. The molecule has 0 spiro atoms. The summed E-state index contributed by atoms with van der Waals surface area (Å²) in [5.74, 6) is 0.680. The molecule has 2 bridgehead atoms. The average Bonchev–Trinajstić information content (AvgIpc) is 2.94. The van der Waals surface area contributed by atoms with Gasteiger partial charge in [0.2, 0.25) is 0 Å². The van der Waals surface area contributed by atoms with E-state index in [1.807, 2.05) is 0 Å². The van der Waals surface area contributed by atoms with E-state index in [0.29, 0.717) is 43.2 Å². The Hall–Kier alpha value is -1.69. The number of nitrogens with zero attached hydrogens (tertiary/aromatic N) is 3. The molecular formula is C21H31N3O4. The first-order valence-electron chi connectivity index (χ1n) is 10.1. The van der Waals surface area contributed by atoms with Crippen molar-refractivity contribution in [1.29, 1.82) is 5.26 Å². The predicted molar refractivity (Wildman–Crippen MR) is 105 cm³/mol. The first-order valence-corrected chi connectivity index (χ1v) is 10.1. The van der Waals surface area contributed by atoms with Gasteiger partial charge in [-0.05, 0) is 37.1 Å². The minimum Gasteiger partial charge on any atom is -0.491 e. The predicted octanol–water partition coefficient (Wildman–Crippen LogP) is 1.11. The van der Waals surface area contributed by atoms with Gasteiger partial charge < -0.3 is 19.3 Å². The van der Waals surface area contributed by atoms with Gasteiger partial charge >= 0.3 is 0 Å². The first-order chi connectivity index (χ1) is 13.7. The molecule has 2 aliphatic heterocycles. The summed E-state index contributed by atoms with van der Waals surface area (Å²) in [6.07, 6.45) is 1.85. The van der Waals surface area contributed by atoms with Crippen LogP contribution in [0.15, 0.2) is 24.3 Å². The second-order valence-corrected chi connectivity index (χ2v) is 7.55. The number of nitriles is 1. The van der Waals surface area contributed by atoms with Crippen LogP contribution in [-0.4, -0.2) is 92.8 Å². The topological polar surface area (TPSA) is 78.2 Å². The SMILES string of the molecule is COCCOCCN1CC2CCC(C1)N2CC(O)COc1ccc(C#N)cc1. The van der Waals surface area contributed by atoms with Gasteiger partial charge in [-0.25, -0.2) is 0 Å². The fourth-order valence-corrected chi connectivity index (χ4v) is 4.11. The van der Waals surface area contributed by atoms with Gasteiger partial charge in [0.25, 0.3) is 0 Å². The van der Waals surface area contributed by atoms with Gasteiger partial charge in [0.05, 0.1) is 31.5 Å². The van der Waals surface area contributed by atoms with Gasteiger partial charge in [0, 0.05) is 45.4 Å². The maximum absolute atomic E-state index is 10.5. The maximum Gasteiger partial charge on any atom is 0.119 e. The molecule has 1 aromatic carbocycles. The summed E-state index contributed by atoms with van der Waals surface area (Å²) in [5, 5.41) is 19.3. The Labute approximate surface area is 167 Å². The quantitative estimate of drug-likeness (QED) is 0.568. The molecule has 0 radical (unpaired) electrons. The fourth-order valence-electron chi connectivity index (χ4n) is 4.11. The van der Waals surface area contributed by atoms with E-state index in [0.717, 1.165) is 26.2 Å². The van der Waals surface area contributed by atoms with E-state index in [1.165, 1.54) is 12.8 Å². The average molecular weight is 389 g/mol. The van der Waals surface area contributed by atoms with Crippen molar-refractivity contribution >= 4 is 0 Å². The van der Waals surface area contributed by atoms with Crippen molar-refractivity contribution in [2.75, 3.05) is 59.7 Å². The number of hydrogen-bond acceptors (Lipinski definition) is 7. The summed E-state index contributed by atoms with van der Waals surface area (Å²) >= 11 is 0. The Morgan fingerprint density at radius 3 is 2.50 bits per heavy atom. The Bertz CT molecular complexity index is 620. The number of aliphatic hydroxyl groups is 1. The highest BCUT2D eigenvalue weighted by Crippen LogP contribution is 2.30. The van der Waals surface area contributed by atoms with E-state index in [-0.39, 0.29) is 6.61 Å². The van der Waals surface area contributed by atoms with E-state index in [1.54, 1.807) is 31.4 Å². The number of likely N-dealkylation sites (tertiary alicyclic amines) is 1. The molecule has 0 aromatic heterocycles. The molecule has 0 amide bonds. The van der Waals surface area contributed by atoms with Gasteiger partial charge in [0.1, 0.15) is 18.5 Å². The van der Waals surface area contributed by atoms with E-state index in [4.69, 9.17) is 19.5 Å². The molecule has 3 atom stereocenters. The molecule has 3 unspecified atom stereocenters. The third-order valence-corrected chi connectivity index (χ3v) is 5.54. The smallest absolute Gasteiger partial charge is 0.119 e. The Balaban J connectivity index is 1.38. The molecule has 3 rings (SSSR count). The highest BCUT2D eigenvalue weighted by molar-refractivity contribution is 5.34. The molecule has 7 heteroatoms. The number of ether oxygens (including phenoxy) is 3. The van der Waals surface area contributed by atoms with Crippen molar-refractivity contribution in [1.82, 2.24) is 9.80 Å². The third-order valence-electron chi connectivity index (χ3n) is 5.54. The lowest BCUT2D eigenvalue weighted by atomic mass is 10.1. The minimum atomic E-state index is -0.525. The van der Waals surface area contributed by atoms with Crippen LogP contribution in [0, 0.1) is 11.3 Å². The van der Waals surface area contributed by atoms with Gasteiger partial charge in [0.15, 0.2) is 0 Å². The zero-order chi connectivity index (χ0) is 19.8. The fraction of sp³-hybridized carbons (Fsp3) is 0.667. The summed E-state index contributed by atoms with van der Waals surface area (Å²) in [4.78, 5) is 4.93. The van der Waals surface area contributed by atoms with Crippen molar-refractivity contribution in [2.45, 2.75) is 31.0 Å². The van der Waals surface area contributed by atoms with Crippen LogP contribution in [-0.2, 0) is 9.47 Å². The molecule has 2 aliphatic rings. The van der Waals surface area contributed by atoms with Crippen LogP contribution >= 0.6 is 0 Å². The normalized spacial score (nSPS) is 23.5. The number of fused-ring (bicyclic) bond motifs is 2. The van der Waals surface area contributed by atoms with Crippen molar-refractivity contribution < 1.29 is 19.3 Å². The second-order valence-electron chi connectivity index (χ2n) is 7.55. The Morgan fingerprint density at radius 1 is 1.14 bits per heavy atom. The van der Waals surface area contributed by atoms with Gasteiger partial charge in [-0.2, -0.15) is 5.26 Å². The molecule has 28 heavy (non-hydrogen) atoms. The number of rotatable bonds is 11. The number of methoxy groups -OCH3 is 1. The Kier molecular flexibility index (Phi) is 8.07. The number of hydrogen-bond donors (Lipinski definition) is 1. The molecule has 2 saturated heterocycles. The van der Waals surface area contributed by atoms with Crippen LogP contribution in [0.25, 0.3) is 0 Å². The summed E-state index contributed by atoms with van der Waals surface area (Å²) in [6, 6.07) is 10.1. The van der Waals surface area contributed by atoms with Crippen LogP contribution < -0.4 is 4.74 Å². The summed E-state index contributed by atoms with van der Waals surface area (Å²) in [6.45, 7) is 5.96. The largest absolute Gasteiger partial charge is 0.491 e. The first kappa shape index (κ1) is 21.0. The molecule has 2 heterocycles. The molecule has 0 aliphatic carbocycles. The summed E-state index contributed by atoms with van der Waals surface area (Å²) in [7, 11) is 1.68. The molecular weight excluding hydrogens is 358 g/mol. The van der Waals surface area contributed by atoms with Crippen molar-refractivity contribution in [3.8, 4) is 11.8 Å². The van der Waals surface area contributed by atoms with E-state index in [9.17, 15) is 5.11 Å². The van der Waals surface area contributed by atoms with E-state index < -0.39 is 6.10 Å². The third kappa shape index (κ3) is 5.90. The molecule has 1 aromatic rings.